The number of rotatable bonds is 3. The average Bonchev–Trinajstić information content (AvgIpc) is 3.06. The second kappa shape index (κ2) is 7.15. The standard InChI is InChI=1S/C22H20N2OS/c1-22(2,3)24-21(25)16(13-23)11-18-12-17(14-26-18)20-10-6-8-15-7-4-5-9-19(15)20/h4-12,14H,1-3H3,(H,24,25)/b16-11+. The Labute approximate surface area is 157 Å². The van der Waals surface area contributed by atoms with E-state index >= 15 is 0 Å². The van der Waals surface area contributed by atoms with Crippen LogP contribution in [0.4, 0.5) is 0 Å². The van der Waals surface area contributed by atoms with Gasteiger partial charge in [-0.1, -0.05) is 42.5 Å². The molecule has 1 aromatic heterocycles. The quantitative estimate of drug-likeness (QED) is 0.503. The fraction of sp³-hybridized carbons (Fsp3) is 0.182. The summed E-state index contributed by atoms with van der Waals surface area (Å²) in [6.07, 6.45) is 1.65. The maximum absolute atomic E-state index is 12.2. The van der Waals surface area contributed by atoms with Crippen molar-refractivity contribution < 1.29 is 4.79 Å². The molecular formula is C22H20N2OS. The van der Waals surface area contributed by atoms with E-state index in [9.17, 15) is 10.1 Å². The first kappa shape index (κ1) is 17.9. The van der Waals surface area contributed by atoms with Crippen molar-refractivity contribution in [2.24, 2.45) is 0 Å². The van der Waals surface area contributed by atoms with Gasteiger partial charge in [0.1, 0.15) is 11.6 Å². The van der Waals surface area contributed by atoms with E-state index in [0.29, 0.717) is 0 Å². The summed E-state index contributed by atoms with van der Waals surface area (Å²) in [5.41, 5.74) is 1.98. The first-order valence-corrected chi connectivity index (χ1v) is 9.26. The van der Waals surface area contributed by atoms with Gasteiger partial charge in [-0.05, 0) is 60.2 Å². The van der Waals surface area contributed by atoms with Crippen LogP contribution in [0, 0.1) is 11.3 Å². The number of benzene rings is 2. The molecule has 0 atom stereocenters. The molecule has 3 aromatic rings. The summed E-state index contributed by atoms with van der Waals surface area (Å²) in [7, 11) is 0. The highest BCUT2D eigenvalue weighted by Gasteiger charge is 2.17. The van der Waals surface area contributed by atoms with Gasteiger partial charge in [0.2, 0.25) is 0 Å². The number of carbonyl (C=O) groups is 1. The monoisotopic (exact) mass is 360 g/mol. The molecule has 0 unspecified atom stereocenters. The van der Waals surface area contributed by atoms with Crippen LogP contribution >= 0.6 is 11.3 Å². The minimum absolute atomic E-state index is 0.117. The number of amides is 1. The Morgan fingerprint density at radius 2 is 1.88 bits per heavy atom. The first-order valence-electron chi connectivity index (χ1n) is 8.38. The summed E-state index contributed by atoms with van der Waals surface area (Å²) in [5.74, 6) is -0.347. The summed E-state index contributed by atoms with van der Waals surface area (Å²) < 4.78 is 0. The first-order chi connectivity index (χ1) is 12.4. The molecule has 130 valence electrons. The zero-order chi connectivity index (χ0) is 18.7. The van der Waals surface area contributed by atoms with Gasteiger partial charge in [0.25, 0.3) is 5.91 Å². The molecule has 0 fully saturated rings. The minimum atomic E-state index is -0.378. The highest BCUT2D eigenvalue weighted by atomic mass is 32.1. The Bertz CT molecular complexity index is 1030. The number of fused-ring (bicyclic) bond motifs is 1. The average molecular weight is 360 g/mol. The van der Waals surface area contributed by atoms with E-state index in [1.54, 1.807) is 6.08 Å². The Morgan fingerprint density at radius 1 is 1.15 bits per heavy atom. The zero-order valence-electron chi connectivity index (χ0n) is 15.0. The molecule has 0 spiro atoms. The van der Waals surface area contributed by atoms with Gasteiger partial charge in [0.15, 0.2) is 0 Å². The second-order valence-corrected chi connectivity index (χ2v) is 8.08. The molecule has 4 heteroatoms. The van der Waals surface area contributed by atoms with E-state index in [2.05, 4.69) is 35.0 Å². The van der Waals surface area contributed by atoms with E-state index in [-0.39, 0.29) is 17.0 Å². The largest absolute Gasteiger partial charge is 0.347 e. The van der Waals surface area contributed by atoms with Crippen molar-refractivity contribution in [2.75, 3.05) is 0 Å². The van der Waals surface area contributed by atoms with E-state index in [0.717, 1.165) is 16.0 Å². The van der Waals surface area contributed by atoms with Gasteiger partial charge >= 0.3 is 0 Å². The molecule has 2 aromatic carbocycles. The van der Waals surface area contributed by atoms with Crippen LogP contribution in [-0.4, -0.2) is 11.4 Å². The molecule has 0 saturated heterocycles. The minimum Gasteiger partial charge on any atom is -0.347 e. The summed E-state index contributed by atoms with van der Waals surface area (Å²) in [4.78, 5) is 13.1. The molecular weight excluding hydrogens is 340 g/mol. The number of nitrogens with zero attached hydrogens (tertiary/aromatic N) is 1. The molecule has 0 aliphatic heterocycles. The summed E-state index contributed by atoms with van der Waals surface area (Å²) in [6, 6.07) is 18.5. The number of carbonyl (C=O) groups excluding carboxylic acids is 1. The van der Waals surface area contributed by atoms with Gasteiger partial charge in [0.05, 0.1) is 0 Å². The molecule has 3 nitrogen and oxygen atoms in total. The molecule has 0 saturated carbocycles. The van der Waals surface area contributed by atoms with Crippen LogP contribution < -0.4 is 5.32 Å². The van der Waals surface area contributed by atoms with E-state index in [1.807, 2.05) is 51.1 Å². The molecule has 1 amide bonds. The Hall–Kier alpha value is -2.90. The third kappa shape index (κ3) is 4.01. The lowest BCUT2D eigenvalue weighted by Gasteiger charge is -2.19. The van der Waals surface area contributed by atoms with Gasteiger partial charge < -0.3 is 5.32 Å². The third-order valence-electron chi connectivity index (χ3n) is 3.86. The molecule has 0 bridgehead atoms. The van der Waals surface area contributed by atoms with Crippen LogP contribution in [0.1, 0.15) is 25.6 Å². The van der Waals surface area contributed by atoms with Crippen molar-refractivity contribution in [3.8, 4) is 17.2 Å². The smallest absolute Gasteiger partial charge is 0.262 e. The van der Waals surface area contributed by atoms with Gasteiger partial charge in [0, 0.05) is 10.4 Å². The van der Waals surface area contributed by atoms with Crippen molar-refractivity contribution in [1.29, 1.82) is 5.26 Å². The predicted octanol–water partition coefficient (Wildman–Crippen LogP) is 5.39. The second-order valence-electron chi connectivity index (χ2n) is 7.14. The van der Waals surface area contributed by atoms with Crippen LogP contribution in [0.3, 0.4) is 0 Å². The van der Waals surface area contributed by atoms with Gasteiger partial charge in [-0.2, -0.15) is 5.26 Å². The van der Waals surface area contributed by atoms with Crippen molar-refractivity contribution in [2.45, 2.75) is 26.3 Å². The van der Waals surface area contributed by atoms with Crippen molar-refractivity contribution in [3.05, 3.63) is 64.4 Å². The van der Waals surface area contributed by atoms with Crippen LogP contribution in [0.2, 0.25) is 0 Å². The summed E-state index contributed by atoms with van der Waals surface area (Å²) in [5, 5.41) is 16.6. The van der Waals surface area contributed by atoms with Crippen molar-refractivity contribution >= 4 is 34.1 Å². The highest BCUT2D eigenvalue weighted by Crippen LogP contribution is 2.32. The molecule has 3 rings (SSSR count). The number of thiophene rings is 1. The maximum atomic E-state index is 12.2. The number of nitrogens with one attached hydrogen (secondary N) is 1. The van der Waals surface area contributed by atoms with Crippen molar-refractivity contribution in [3.63, 3.8) is 0 Å². The Kier molecular flexibility index (Phi) is 4.92. The van der Waals surface area contributed by atoms with Crippen LogP contribution in [-0.2, 0) is 4.79 Å². The van der Waals surface area contributed by atoms with Crippen LogP contribution in [0.25, 0.3) is 28.0 Å². The summed E-state index contributed by atoms with van der Waals surface area (Å²) >= 11 is 1.52. The van der Waals surface area contributed by atoms with E-state index in [1.165, 1.54) is 22.1 Å². The van der Waals surface area contributed by atoms with E-state index < -0.39 is 0 Å². The molecule has 1 N–H and O–H groups in total. The zero-order valence-corrected chi connectivity index (χ0v) is 15.9. The number of nitriles is 1. The Balaban J connectivity index is 1.94. The lowest BCUT2D eigenvalue weighted by Crippen LogP contribution is -2.41. The SMILES string of the molecule is CC(C)(C)NC(=O)/C(C#N)=C/c1cc(-c2cccc3ccccc23)cs1. The van der Waals surface area contributed by atoms with Crippen molar-refractivity contribution in [1.82, 2.24) is 5.32 Å². The van der Waals surface area contributed by atoms with Gasteiger partial charge in [-0.3, -0.25) is 4.79 Å². The maximum Gasteiger partial charge on any atom is 0.262 e. The number of hydrogen-bond acceptors (Lipinski definition) is 3. The number of hydrogen-bond donors (Lipinski definition) is 1. The lowest BCUT2D eigenvalue weighted by atomic mass is 10.00. The molecule has 0 aliphatic carbocycles. The van der Waals surface area contributed by atoms with Gasteiger partial charge in [-0.25, -0.2) is 0 Å². The summed E-state index contributed by atoms with van der Waals surface area (Å²) in [6.45, 7) is 5.68. The predicted molar refractivity (Wildman–Crippen MR) is 109 cm³/mol. The third-order valence-corrected chi connectivity index (χ3v) is 4.74. The highest BCUT2D eigenvalue weighted by molar-refractivity contribution is 7.11. The van der Waals surface area contributed by atoms with Crippen LogP contribution in [0.15, 0.2) is 59.5 Å². The molecule has 0 aliphatic rings. The van der Waals surface area contributed by atoms with Crippen LogP contribution in [0.5, 0.6) is 0 Å². The van der Waals surface area contributed by atoms with E-state index in [4.69, 9.17) is 0 Å². The fourth-order valence-corrected chi connectivity index (χ4v) is 3.58. The fourth-order valence-electron chi connectivity index (χ4n) is 2.75. The lowest BCUT2D eigenvalue weighted by molar-refractivity contribution is -0.118. The topological polar surface area (TPSA) is 52.9 Å². The van der Waals surface area contributed by atoms with Gasteiger partial charge in [-0.15, -0.1) is 11.3 Å². The Morgan fingerprint density at radius 3 is 2.62 bits per heavy atom. The molecule has 0 radical (unpaired) electrons. The normalized spacial score (nSPS) is 12.0. The molecule has 1 heterocycles. The molecule has 26 heavy (non-hydrogen) atoms.